The Balaban J connectivity index is 2.21. The van der Waals surface area contributed by atoms with Crippen LogP contribution in [-0.4, -0.2) is 5.11 Å². The van der Waals surface area contributed by atoms with Crippen LogP contribution in [0.15, 0.2) is 34.8 Å². The number of hydrogen-bond acceptors (Lipinski definition) is 2. The third kappa shape index (κ3) is 3.41. The van der Waals surface area contributed by atoms with Crippen LogP contribution < -0.4 is 4.74 Å². The molecule has 0 aliphatic rings. The number of hydrogen-bond donors (Lipinski definition) is 1. The van der Waals surface area contributed by atoms with Gasteiger partial charge in [-0.05, 0) is 55.7 Å². The van der Waals surface area contributed by atoms with E-state index in [-0.39, 0.29) is 6.61 Å². The topological polar surface area (TPSA) is 29.5 Å². The smallest absolute Gasteiger partial charge is 0.125 e. The molecule has 0 saturated carbocycles. The maximum atomic E-state index is 9.38. The lowest BCUT2D eigenvalue weighted by Gasteiger charge is -2.14. The van der Waals surface area contributed by atoms with Crippen molar-refractivity contribution < 1.29 is 9.84 Å². The molecule has 0 aliphatic heterocycles. The van der Waals surface area contributed by atoms with E-state index in [1.807, 2.05) is 18.2 Å². The molecule has 1 N–H and O–H groups in total. The number of benzene rings is 2. The summed E-state index contributed by atoms with van der Waals surface area (Å²) < 4.78 is 6.83. The predicted molar refractivity (Wildman–Crippen MR) is 85.0 cm³/mol. The Labute approximate surface area is 128 Å². The summed E-state index contributed by atoms with van der Waals surface area (Å²) in [5, 5.41) is 9.38. The Morgan fingerprint density at radius 1 is 1.05 bits per heavy atom. The van der Waals surface area contributed by atoms with E-state index in [1.165, 1.54) is 22.3 Å². The molecule has 0 fully saturated rings. The standard InChI is InChI=1S/C17H19BrO2/c1-11-6-12(2)16(13(3)7-11)10-20-17-5-4-15(18)8-14(17)9-19/h4-8,19H,9-10H2,1-3H3. The minimum Gasteiger partial charge on any atom is -0.489 e. The molecule has 0 aromatic heterocycles. The Morgan fingerprint density at radius 2 is 1.70 bits per heavy atom. The van der Waals surface area contributed by atoms with Gasteiger partial charge in [0.15, 0.2) is 0 Å². The van der Waals surface area contributed by atoms with Crippen LogP contribution >= 0.6 is 15.9 Å². The molecule has 2 aromatic rings. The van der Waals surface area contributed by atoms with E-state index in [1.54, 1.807) is 0 Å². The minimum atomic E-state index is -0.0271. The van der Waals surface area contributed by atoms with Gasteiger partial charge in [-0.2, -0.15) is 0 Å². The van der Waals surface area contributed by atoms with Crippen LogP contribution in [0.3, 0.4) is 0 Å². The molecule has 0 heterocycles. The molecule has 0 amide bonds. The highest BCUT2D eigenvalue weighted by atomic mass is 79.9. The van der Waals surface area contributed by atoms with Gasteiger partial charge >= 0.3 is 0 Å². The number of aliphatic hydroxyl groups excluding tert-OH is 1. The maximum absolute atomic E-state index is 9.38. The van der Waals surface area contributed by atoms with Crippen molar-refractivity contribution in [3.63, 3.8) is 0 Å². The summed E-state index contributed by atoms with van der Waals surface area (Å²) >= 11 is 3.40. The van der Waals surface area contributed by atoms with Gasteiger partial charge in [0.1, 0.15) is 12.4 Å². The molecule has 0 atom stereocenters. The molecular formula is C17H19BrO2. The highest BCUT2D eigenvalue weighted by Gasteiger charge is 2.08. The van der Waals surface area contributed by atoms with Crippen LogP contribution in [0.2, 0.25) is 0 Å². The van der Waals surface area contributed by atoms with Gasteiger partial charge in [-0.25, -0.2) is 0 Å². The lowest BCUT2D eigenvalue weighted by molar-refractivity contribution is 0.258. The molecule has 20 heavy (non-hydrogen) atoms. The Bertz CT molecular complexity index is 597. The molecule has 0 unspecified atom stereocenters. The summed E-state index contributed by atoms with van der Waals surface area (Å²) in [5.41, 5.74) is 5.75. The lowest BCUT2D eigenvalue weighted by Crippen LogP contribution is -2.03. The maximum Gasteiger partial charge on any atom is 0.125 e. The Kier molecular flexibility index (Phi) is 4.84. The average molecular weight is 335 g/mol. The van der Waals surface area contributed by atoms with Crippen molar-refractivity contribution in [3.05, 3.63) is 62.6 Å². The zero-order valence-electron chi connectivity index (χ0n) is 12.0. The molecule has 2 aromatic carbocycles. The quantitative estimate of drug-likeness (QED) is 0.895. The van der Waals surface area contributed by atoms with E-state index in [2.05, 4.69) is 48.8 Å². The fraction of sp³-hybridized carbons (Fsp3) is 0.294. The molecule has 0 spiro atoms. The van der Waals surface area contributed by atoms with E-state index in [9.17, 15) is 5.11 Å². The summed E-state index contributed by atoms with van der Waals surface area (Å²) in [7, 11) is 0. The minimum absolute atomic E-state index is 0.0271. The molecular weight excluding hydrogens is 316 g/mol. The Hall–Kier alpha value is -1.32. The monoisotopic (exact) mass is 334 g/mol. The lowest BCUT2D eigenvalue weighted by atomic mass is 10.0. The molecule has 0 radical (unpaired) electrons. The molecule has 3 heteroatoms. The van der Waals surface area contributed by atoms with E-state index in [4.69, 9.17) is 4.74 Å². The molecule has 2 nitrogen and oxygen atoms in total. The Morgan fingerprint density at radius 3 is 2.30 bits per heavy atom. The predicted octanol–water partition coefficient (Wildman–Crippen LogP) is 4.45. The van der Waals surface area contributed by atoms with Crippen LogP contribution in [0.25, 0.3) is 0 Å². The van der Waals surface area contributed by atoms with Crippen molar-refractivity contribution >= 4 is 15.9 Å². The average Bonchev–Trinajstić information content (AvgIpc) is 2.38. The molecule has 106 valence electrons. The summed E-state index contributed by atoms with van der Waals surface area (Å²) in [4.78, 5) is 0. The number of ether oxygens (including phenoxy) is 1. The van der Waals surface area contributed by atoms with Gasteiger partial charge in [0.05, 0.1) is 6.61 Å². The second-order valence-corrected chi connectivity index (χ2v) is 5.99. The number of aryl methyl sites for hydroxylation is 3. The van der Waals surface area contributed by atoms with Crippen molar-refractivity contribution in [2.45, 2.75) is 34.0 Å². The van der Waals surface area contributed by atoms with E-state index in [0.29, 0.717) is 6.61 Å². The van der Waals surface area contributed by atoms with E-state index >= 15 is 0 Å². The molecule has 0 bridgehead atoms. The van der Waals surface area contributed by atoms with E-state index < -0.39 is 0 Å². The van der Waals surface area contributed by atoms with Gasteiger partial charge in [0.25, 0.3) is 0 Å². The van der Waals surface area contributed by atoms with Crippen LogP contribution in [0.1, 0.15) is 27.8 Å². The van der Waals surface area contributed by atoms with Crippen molar-refractivity contribution in [2.75, 3.05) is 0 Å². The van der Waals surface area contributed by atoms with Crippen LogP contribution in [0.5, 0.6) is 5.75 Å². The fourth-order valence-electron chi connectivity index (χ4n) is 2.40. The zero-order chi connectivity index (χ0) is 14.7. The first-order valence-electron chi connectivity index (χ1n) is 6.60. The highest BCUT2D eigenvalue weighted by Crippen LogP contribution is 2.25. The fourth-order valence-corrected chi connectivity index (χ4v) is 2.81. The van der Waals surface area contributed by atoms with Gasteiger partial charge in [-0.1, -0.05) is 33.6 Å². The van der Waals surface area contributed by atoms with E-state index in [0.717, 1.165) is 15.8 Å². The highest BCUT2D eigenvalue weighted by molar-refractivity contribution is 9.10. The first kappa shape index (κ1) is 15.1. The van der Waals surface area contributed by atoms with Crippen molar-refractivity contribution in [3.8, 4) is 5.75 Å². The van der Waals surface area contributed by atoms with Crippen molar-refractivity contribution in [1.82, 2.24) is 0 Å². The molecule has 0 aliphatic carbocycles. The normalized spacial score (nSPS) is 10.7. The molecule has 2 rings (SSSR count). The number of aliphatic hydroxyl groups is 1. The third-order valence-electron chi connectivity index (χ3n) is 3.41. The van der Waals surface area contributed by atoms with Gasteiger partial charge < -0.3 is 9.84 Å². The summed E-state index contributed by atoms with van der Waals surface area (Å²) in [6.45, 7) is 6.80. The van der Waals surface area contributed by atoms with Crippen LogP contribution in [-0.2, 0) is 13.2 Å². The van der Waals surface area contributed by atoms with Gasteiger partial charge in [0, 0.05) is 10.0 Å². The second kappa shape index (κ2) is 6.42. The van der Waals surface area contributed by atoms with Crippen molar-refractivity contribution in [1.29, 1.82) is 0 Å². The zero-order valence-corrected chi connectivity index (χ0v) is 13.6. The number of halogens is 1. The van der Waals surface area contributed by atoms with Crippen LogP contribution in [0.4, 0.5) is 0 Å². The number of rotatable bonds is 4. The summed E-state index contributed by atoms with van der Waals surface area (Å²) in [6, 6.07) is 10.0. The van der Waals surface area contributed by atoms with Crippen molar-refractivity contribution in [2.24, 2.45) is 0 Å². The summed E-state index contributed by atoms with van der Waals surface area (Å²) in [6.07, 6.45) is 0. The molecule has 0 saturated heterocycles. The van der Waals surface area contributed by atoms with Crippen LogP contribution in [0, 0.1) is 20.8 Å². The van der Waals surface area contributed by atoms with Gasteiger partial charge in [-0.3, -0.25) is 0 Å². The second-order valence-electron chi connectivity index (χ2n) is 5.08. The first-order valence-corrected chi connectivity index (χ1v) is 7.39. The third-order valence-corrected chi connectivity index (χ3v) is 3.90. The SMILES string of the molecule is Cc1cc(C)c(COc2ccc(Br)cc2CO)c(C)c1. The largest absolute Gasteiger partial charge is 0.489 e. The first-order chi connectivity index (χ1) is 9.51. The summed E-state index contributed by atoms with van der Waals surface area (Å²) in [5.74, 6) is 0.732. The van der Waals surface area contributed by atoms with Gasteiger partial charge in [-0.15, -0.1) is 0 Å². The van der Waals surface area contributed by atoms with Gasteiger partial charge in [0.2, 0.25) is 0 Å².